The van der Waals surface area contributed by atoms with Crippen molar-refractivity contribution in [3.05, 3.63) is 53.2 Å². The summed E-state index contributed by atoms with van der Waals surface area (Å²) in [7, 11) is 1.50. The number of amides is 2. The Morgan fingerprint density at radius 2 is 2.00 bits per heavy atom. The Labute approximate surface area is 167 Å². The molecule has 0 spiro atoms. The number of ether oxygens (including phenoxy) is 1. The summed E-state index contributed by atoms with van der Waals surface area (Å²) in [6.45, 7) is 4.28. The molecule has 1 N–H and O–H groups in total. The van der Waals surface area contributed by atoms with Gasteiger partial charge in [-0.3, -0.25) is 15.0 Å². The summed E-state index contributed by atoms with van der Waals surface area (Å²) in [5.74, 6) is -1.36. The molecule has 0 saturated carbocycles. The molecule has 0 fully saturated rings. The number of likely N-dealkylation sites (N-methyl/N-ethyl adjacent to an activating group) is 1. The maximum Gasteiger partial charge on any atom is 0.420 e. The average Bonchev–Trinajstić information content (AvgIpc) is 3.15. The predicted octanol–water partition coefficient (Wildman–Crippen LogP) is 2.93. The smallest absolute Gasteiger partial charge is 0.393 e. The number of hydrogen-bond acceptors (Lipinski definition) is 4. The average molecular weight is 404 g/mol. The van der Waals surface area contributed by atoms with Gasteiger partial charge in [0, 0.05) is 19.3 Å². The number of benzene rings is 1. The van der Waals surface area contributed by atoms with Crippen molar-refractivity contribution in [2.75, 3.05) is 13.6 Å². The van der Waals surface area contributed by atoms with E-state index in [2.05, 4.69) is 24.2 Å². The zero-order chi connectivity index (χ0) is 21.1. The lowest BCUT2D eigenvalue weighted by Gasteiger charge is -2.14. The second kappa shape index (κ2) is 8.42. The minimum atomic E-state index is -0.941. The van der Waals surface area contributed by atoms with E-state index >= 15 is 0 Å². The molecule has 0 radical (unpaired) electrons. The summed E-state index contributed by atoms with van der Waals surface area (Å²) in [5, 5.41) is 2.44. The topological polar surface area (TPSA) is 75.9 Å². The highest BCUT2D eigenvalue weighted by Crippen LogP contribution is 2.22. The van der Waals surface area contributed by atoms with E-state index in [1.165, 1.54) is 18.0 Å². The Morgan fingerprint density at radius 1 is 1.24 bits per heavy atom. The van der Waals surface area contributed by atoms with Gasteiger partial charge in [0.25, 0.3) is 5.91 Å². The lowest BCUT2D eigenvalue weighted by Crippen LogP contribution is -2.42. The van der Waals surface area contributed by atoms with Crippen LogP contribution in [0.5, 0.6) is 5.88 Å². The summed E-state index contributed by atoms with van der Waals surface area (Å²) in [6, 6.07) is 5.36. The molecule has 2 heterocycles. The van der Waals surface area contributed by atoms with Gasteiger partial charge in [0.15, 0.2) is 11.6 Å². The summed E-state index contributed by atoms with van der Waals surface area (Å²) in [6.07, 6.45) is 1.77. The molecule has 7 nitrogen and oxygen atoms in total. The first-order valence-corrected chi connectivity index (χ1v) is 9.15. The Balaban J connectivity index is 1.78. The lowest BCUT2D eigenvalue weighted by atomic mass is 10.1. The van der Waals surface area contributed by atoms with Crippen LogP contribution in [0.15, 0.2) is 35.5 Å². The molecule has 0 saturated heterocycles. The molecule has 1 aliphatic rings. The molecule has 2 aromatic rings. The zero-order valence-electron chi connectivity index (χ0n) is 16.4. The molecule has 0 bridgehead atoms. The first-order chi connectivity index (χ1) is 13.7. The predicted molar refractivity (Wildman–Crippen MR) is 103 cm³/mol. The van der Waals surface area contributed by atoms with Crippen molar-refractivity contribution in [1.82, 2.24) is 14.8 Å². The maximum atomic E-state index is 13.5. The summed E-state index contributed by atoms with van der Waals surface area (Å²) in [5.41, 5.74) is 1.46. The Morgan fingerprint density at radius 3 is 2.62 bits per heavy atom. The number of aromatic nitrogens is 1. The summed E-state index contributed by atoms with van der Waals surface area (Å²) < 4.78 is 33.8. The molecule has 0 unspecified atom stereocenters. The molecule has 154 valence electrons. The van der Waals surface area contributed by atoms with Crippen LogP contribution in [0.2, 0.25) is 0 Å². The number of halogens is 2. The fraction of sp³-hybridized carbons (Fsp3) is 0.350. The van der Waals surface area contributed by atoms with Gasteiger partial charge in [0.05, 0.1) is 6.54 Å². The fourth-order valence-corrected chi connectivity index (χ4v) is 2.98. The first-order valence-electron chi connectivity index (χ1n) is 9.15. The number of rotatable bonds is 5. The van der Waals surface area contributed by atoms with E-state index in [0.29, 0.717) is 11.5 Å². The Bertz CT molecular complexity index is 969. The van der Waals surface area contributed by atoms with Crippen LogP contribution in [-0.4, -0.2) is 41.0 Å². The third kappa shape index (κ3) is 4.98. The number of nitrogens with one attached hydrogen (secondary N) is 1. The van der Waals surface area contributed by atoms with Gasteiger partial charge in [0.2, 0.25) is 11.8 Å². The molecule has 9 heteroatoms. The van der Waals surface area contributed by atoms with Gasteiger partial charge in [-0.25, -0.2) is 18.6 Å². The lowest BCUT2D eigenvalue weighted by molar-refractivity contribution is -0.123. The highest BCUT2D eigenvalue weighted by molar-refractivity contribution is 6.07. The van der Waals surface area contributed by atoms with Crippen molar-refractivity contribution in [1.29, 1.82) is 0 Å². The molecular weight excluding hydrogens is 382 g/mol. The van der Waals surface area contributed by atoms with Crippen molar-refractivity contribution in [3.8, 4) is 5.88 Å². The van der Waals surface area contributed by atoms with Gasteiger partial charge < -0.3 is 9.30 Å². The van der Waals surface area contributed by atoms with Crippen molar-refractivity contribution < 1.29 is 23.1 Å². The number of aliphatic imine (C=N–C) groups is 1. The summed E-state index contributed by atoms with van der Waals surface area (Å²) in [4.78, 5) is 28.9. The molecule has 1 aromatic carbocycles. The van der Waals surface area contributed by atoms with Crippen LogP contribution in [0.4, 0.5) is 13.6 Å². The number of carbonyl (C=O) groups is 2. The van der Waals surface area contributed by atoms with E-state index in [4.69, 9.17) is 4.74 Å². The van der Waals surface area contributed by atoms with Gasteiger partial charge in [0.1, 0.15) is 6.54 Å². The van der Waals surface area contributed by atoms with E-state index in [9.17, 15) is 18.4 Å². The minimum absolute atomic E-state index is 0.0306. The zero-order valence-corrected chi connectivity index (χ0v) is 16.4. The van der Waals surface area contributed by atoms with Crippen LogP contribution in [0.3, 0.4) is 0 Å². The number of nitrogens with zero attached hydrogens (tertiary/aromatic N) is 3. The van der Waals surface area contributed by atoms with E-state index in [0.717, 1.165) is 24.1 Å². The second-order valence-electron chi connectivity index (χ2n) is 7.27. The second-order valence-corrected chi connectivity index (χ2v) is 7.27. The van der Waals surface area contributed by atoms with Gasteiger partial charge in [-0.1, -0.05) is 19.9 Å². The quantitative estimate of drug-likeness (QED) is 0.833. The Hall–Kier alpha value is -3.23. The normalized spacial score (nSPS) is 13.8. The molecule has 3 rings (SSSR count). The van der Waals surface area contributed by atoms with Gasteiger partial charge in [-0.15, -0.1) is 0 Å². The van der Waals surface area contributed by atoms with E-state index in [-0.39, 0.29) is 30.8 Å². The minimum Gasteiger partial charge on any atom is -0.393 e. The molecular formula is C20H22F2N4O3. The number of hydrogen-bond donors (Lipinski definition) is 1. The Kier molecular flexibility index (Phi) is 5.95. The molecule has 1 aromatic heterocycles. The van der Waals surface area contributed by atoms with Crippen molar-refractivity contribution in [3.63, 3.8) is 0 Å². The van der Waals surface area contributed by atoms with Crippen molar-refractivity contribution in [2.24, 2.45) is 10.9 Å². The largest absolute Gasteiger partial charge is 0.420 e. The molecule has 29 heavy (non-hydrogen) atoms. The van der Waals surface area contributed by atoms with E-state index < -0.39 is 17.7 Å². The SMILES string of the molecule is CC(C)Cc1cc(OC(=O)NC2=NCC(=O)N2C)n(Cc2ccc(F)c(F)c2)c1. The molecule has 1 aliphatic heterocycles. The molecule has 0 atom stereocenters. The highest BCUT2D eigenvalue weighted by Gasteiger charge is 2.24. The van der Waals surface area contributed by atoms with Crippen LogP contribution in [0.25, 0.3) is 0 Å². The van der Waals surface area contributed by atoms with Crippen molar-refractivity contribution in [2.45, 2.75) is 26.8 Å². The van der Waals surface area contributed by atoms with Gasteiger partial charge >= 0.3 is 6.09 Å². The third-order valence-electron chi connectivity index (χ3n) is 4.36. The van der Waals surface area contributed by atoms with Crippen LogP contribution in [0, 0.1) is 17.6 Å². The van der Waals surface area contributed by atoms with Crippen LogP contribution in [-0.2, 0) is 17.8 Å². The first kappa shape index (κ1) is 20.5. The fourth-order valence-electron chi connectivity index (χ4n) is 2.98. The van der Waals surface area contributed by atoms with E-state index in [1.807, 2.05) is 6.20 Å². The molecule has 2 amide bonds. The maximum absolute atomic E-state index is 13.5. The van der Waals surface area contributed by atoms with Gasteiger partial charge in [-0.2, -0.15) is 0 Å². The highest BCUT2D eigenvalue weighted by atomic mass is 19.2. The molecule has 0 aliphatic carbocycles. The number of carbonyl (C=O) groups excluding carboxylic acids is 2. The number of guanidine groups is 1. The summed E-state index contributed by atoms with van der Waals surface area (Å²) >= 11 is 0. The standard InChI is InChI=1S/C20H22F2N4O3/c1-12(2)6-14-8-18(29-20(28)24-19-23-9-17(27)25(19)3)26(11-14)10-13-4-5-15(21)16(22)7-13/h4-5,7-8,11-12H,6,9-10H2,1-3H3,(H,23,24,28). The van der Waals surface area contributed by atoms with Crippen LogP contribution < -0.4 is 10.1 Å². The van der Waals surface area contributed by atoms with E-state index in [1.54, 1.807) is 10.6 Å². The van der Waals surface area contributed by atoms with Crippen LogP contribution in [0.1, 0.15) is 25.0 Å². The monoisotopic (exact) mass is 404 g/mol. The van der Waals surface area contributed by atoms with Crippen molar-refractivity contribution >= 4 is 18.0 Å². The van der Waals surface area contributed by atoms with Crippen LogP contribution >= 0.6 is 0 Å². The third-order valence-corrected chi connectivity index (χ3v) is 4.36. The van der Waals surface area contributed by atoms with Gasteiger partial charge in [-0.05, 0) is 35.6 Å².